The molecule has 6 heteroatoms. The van der Waals surface area contributed by atoms with E-state index in [1.165, 1.54) is 46.3 Å². The minimum absolute atomic E-state index is 0.259. The molecule has 0 spiro atoms. The largest absolute Gasteiger partial charge is 0.457 e. The summed E-state index contributed by atoms with van der Waals surface area (Å²) in [6, 6.07) is 29.9. The zero-order valence-corrected chi connectivity index (χ0v) is 27.1. The lowest BCUT2D eigenvalue weighted by atomic mass is 9.94. The average molecular weight is 609 g/mol. The molecule has 0 unspecified atom stereocenters. The maximum Gasteiger partial charge on any atom is 0.140 e. The Balaban J connectivity index is 1.33. The minimum atomic E-state index is -0.331. The number of hydrogen-bond acceptors (Lipinski definition) is 3. The molecule has 7 aromatic rings. The molecule has 5 nitrogen and oxygen atoms in total. The SMILES string of the molecule is CCc1c(-c2ccc(C)c(C)c2)c(C(C)C)nn1-c1cc(C)cc(Oc2ccc3c4ccccc4n(-c4cc(F)ccn4)c3c2)c1. The first-order valence-electron chi connectivity index (χ1n) is 15.9. The number of fused-ring (bicyclic) bond motifs is 3. The van der Waals surface area contributed by atoms with Gasteiger partial charge in [0.05, 0.1) is 28.1 Å². The smallest absolute Gasteiger partial charge is 0.140 e. The van der Waals surface area contributed by atoms with Gasteiger partial charge in [0.25, 0.3) is 0 Å². The van der Waals surface area contributed by atoms with Crippen LogP contribution in [-0.4, -0.2) is 19.3 Å². The van der Waals surface area contributed by atoms with Crippen LogP contribution in [0.3, 0.4) is 0 Å². The third-order valence-corrected chi connectivity index (χ3v) is 8.78. The number of para-hydroxylation sites is 1. The van der Waals surface area contributed by atoms with E-state index in [1.54, 1.807) is 0 Å². The van der Waals surface area contributed by atoms with Crippen molar-refractivity contribution in [3.05, 3.63) is 131 Å². The van der Waals surface area contributed by atoms with Crippen LogP contribution in [0.4, 0.5) is 4.39 Å². The van der Waals surface area contributed by atoms with Crippen molar-refractivity contribution in [3.8, 4) is 34.1 Å². The molecule has 230 valence electrons. The second kappa shape index (κ2) is 11.6. The van der Waals surface area contributed by atoms with Crippen LogP contribution >= 0.6 is 0 Å². The third-order valence-electron chi connectivity index (χ3n) is 8.78. The van der Waals surface area contributed by atoms with Gasteiger partial charge in [0.2, 0.25) is 0 Å². The molecule has 0 aliphatic rings. The van der Waals surface area contributed by atoms with Gasteiger partial charge in [0, 0.05) is 40.7 Å². The highest BCUT2D eigenvalue weighted by molar-refractivity contribution is 6.09. The quantitative estimate of drug-likeness (QED) is 0.181. The molecule has 7 rings (SSSR count). The van der Waals surface area contributed by atoms with E-state index >= 15 is 0 Å². The molecule has 46 heavy (non-hydrogen) atoms. The summed E-state index contributed by atoms with van der Waals surface area (Å²) in [5.74, 6) is 1.85. The highest BCUT2D eigenvalue weighted by atomic mass is 19.1. The highest BCUT2D eigenvalue weighted by Crippen LogP contribution is 2.38. The zero-order chi connectivity index (χ0) is 32.1. The molecule has 0 fully saturated rings. The number of pyridine rings is 1. The van der Waals surface area contributed by atoms with Gasteiger partial charge in [-0.3, -0.25) is 4.57 Å². The Morgan fingerprint density at radius 1 is 0.783 bits per heavy atom. The van der Waals surface area contributed by atoms with E-state index in [2.05, 4.69) is 93.7 Å². The van der Waals surface area contributed by atoms with Crippen LogP contribution in [0.1, 0.15) is 54.8 Å². The van der Waals surface area contributed by atoms with Gasteiger partial charge in [-0.2, -0.15) is 5.10 Å². The van der Waals surface area contributed by atoms with Crippen molar-refractivity contribution in [1.29, 1.82) is 0 Å². The fraction of sp³-hybridized carbons (Fsp3) is 0.200. The van der Waals surface area contributed by atoms with E-state index in [0.717, 1.165) is 50.9 Å². The molecule has 0 saturated carbocycles. The summed E-state index contributed by atoms with van der Waals surface area (Å²) in [5.41, 5.74) is 11.1. The lowest BCUT2D eigenvalue weighted by molar-refractivity contribution is 0.482. The highest BCUT2D eigenvalue weighted by Gasteiger charge is 2.22. The molecule has 0 amide bonds. The van der Waals surface area contributed by atoms with Gasteiger partial charge in [-0.1, -0.05) is 57.2 Å². The molecule has 0 N–H and O–H groups in total. The first-order valence-corrected chi connectivity index (χ1v) is 15.9. The number of aryl methyl sites for hydroxylation is 3. The van der Waals surface area contributed by atoms with Crippen LogP contribution < -0.4 is 4.74 Å². The number of ether oxygens (including phenoxy) is 1. The number of benzene rings is 4. The molecule has 0 radical (unpaired) electrons. The van der Waals surface area contributed by atoms with Crippen molar-refractivity contribution < 1.29 is 9.13 Å². The molecule has 0 bridgehead atoms. The molecular formula is C40H37FN4O. The monoisotopic (exact) mass is 608 g/mol. The van der Waals surface area contributed by atoms with Crippen molar-refractivity contribution in [1.82, 2.24) is 19.3 Å². The molecule has 3 aromatic heterocycles. The second-order valence-electron chi connectivity index (χ2n) is 12.4. The Morgan fingerprint density at radius 2 is 1.59 bits per heavy atom. The molecule has 3 heterocycles. The molecule has 0 atom stereocenters. The maximum atomic E-state index is 14.3. The summed E-state index contributed by atoms with van der Waals surface area (Å²) in [6.45, 7) is 13.0. The van der Waals surface area contributed by atoms with Crippen LogP contribution in [-0.2, 0) is 6.42 Å². The molecule has 0 saturated heterocycles. The summed E-state index contributed by atoms with van der Waals surface area (Å²) >= 11 is 0. The van der Waals surface area contributed by atoms with Gasteiger partial charge in [-0.15, -0.1) is 0 Å². The van der Waals surface area contributed by atoms with Crippen LogP contribution in [0.25, 0.3) is 44.4 Å². The van der Waals surface area contributed by atoms with Crippen molar-refractivity contribution in [3.63, 3.8) is 0 Å². The van der Waals surface area contributed by atoms with Crippen LogP contribution in [0.5, 0.6) is 11.5 Å². The van der Waals surface area contributed by atoms with Crippen molar-refractivity contribution in [2.24, 2.45) is 0 Å². The van der Waals surface area contributed by atoms with E-state index in [9.17, 15) is 4.39 Å². The summed E-state index contributed by atoms with van der Waals surface area (Å²) in [7, 11) is 0. The predicted molar refractivity (Wildman–Crippen MR) is 185 cm³/mol. The zero-order valence-electron chi connectivity index (χ0n) is 27.1. The number of nitrogens with zero attached hydrogens (tertiary/aromatic N) is 4. The number of aromatic nitrogens is 4. The van der Waals surface area contributed by atoms with Gasteiger partial charge in [0.1, 0.15) is 23.1 Å². The summed E-state index contributed by atoms with van der Waals surface area (Å²) in [6.07, 6.45) is 2.33. The lowest BCUT2D eigenvalue weighted by Gasteiger charge is -2.13. The summed E-state index contributed by atoms with van der Waals surface area (Å²) < 4.78 is 25.0. The van der Waals surface area contributed by atoms with Gasteiger partial charge in [0.15, 0.2) is 0 Å². The standard InChI is InChI=1S/C40H37FN4O/c1-7-35-39(28-13-12-26(5)27(6)20-28)40(24(2)3)43-45(35)30-18-25(4)19-32(22-30)46-31-14-15-34-33-10-8-9-11-36(33)44(37(34)23-31)38-21-29(41)16-17-42-38/h8-24H,7H2,1-6H3. The van der Waals surface area contributed by atoms with Gasteiger partial charge in [-0.05, 0) is 91.8 Å². The van der Waals surface area contributed by atoms with Crippen LogP contribution in [0.15, 0.2) is 97.2 Å². The lowest BCUT2D eigenvalue weighted by Crippen LogP contribution is -2.03. The fourth-order valence-corrected chi connectivity index (χ4v) is 6.45. The van der Waals surface area contributed by atoms with E-state index in [0.29, 0.717) is 11.6 Å². The maximum absolute atomic E-state index is 14.3. The topological polar surface area (TPSA) is 44.9 Å². The Bertz CT molecular complexity index is 2260. The first-order chi connectivity index (χ1) is 22.2. The summed E-state index contributed by atoms with van der Waals surface area (Å²) in [5, 5.41) is 7.32. The molecule has 0 aliphatic carbocycles. The van der Waals surface area contributed by atoms with E-state index in [-0.39, 0.29) is 11.7 Å². The molecular weight excluding hydrogens is 571 g/mol. The third kappa shape index (κ3) is 5.14. The molecule has 0 aliphatic heterocycles. The van der Waals surface area contributed by atoms with Crippen LogP contribution in [0, 0.1) is 26.6 Å². The Labute approximate surface area is 268 Å². The van der Waals surface area contributed by atoms with Gasteiger partial charge >= 0.3 is 0 Å². The van der Waals surface area contributed by atoms with Crippen molar-refractivity contribution in [2.45, 2.75) is 53.9 Å². The molecule has 4 aromatic carbocycles. The number of rotatable bonds is 7. The first kappa shape index (κ1) is 29.5. The van der Waals surface area contributed by atoms with Crippen LogP contribution in [0.2, 0.25) is 0 Å². The Hall–Kier alpha value is -5.23. The minimum Gasteiger partial charge on any atom is -0.457 e. The Morgan fingerprint density at radius 3 is 2.35 bits per heavy atom. The van der Waals surface area contributed by atoms with Crippen molar-refractivity contribution in [2.75, 3.05) is 0 Å². The summed E-state index contributed by atoms with van der Waals surface area (Å²) in [4.78, 5) is 4.49. The van der Waals surface area contributed by atoms with E-state index in [1.807, 2.05) is 41.0 Å². The number of halogens is 1. The average Bonchev–Trinajstić information content (AvgIpc) is 3.58. The van der Waals surface area contributed by atoms with Gasteiger partial charge in [-0.25, -0.2) is 14.1 Å². The van der Waals surface area contributed by atoms with Crippen molar-refractivity contribution >= 4 is 21.8 Å². The number of hydrogen-bond donors (Lipinski definition) is 0. The van der Waals surface area contributed by atoms with Gasteiger partial charge < -0.3 is 4.74 Å². The van der Waals surface area contributed by atoms with E-state index < -0.39 is 0 Å². The normalized spacial score (nSPS) is 11.7. The Kier molecular flexibility index (Phi) is 7.44. The predicted octanol–water partition coefficient (Wildman–Crippen LogP) is 10.6. The van der Waals surface area contributed by atoms with E-state index in [4.69, 9.17) is 9.84 Å². The fourth-order valence-electron chi connectivity index (χ4n) is 6.45. The second-order valence-corrected chi connectivity index (χ2v) is 12.4.